The lowest BCUT2D eigenvalue weighted by Gasteiger charge is -2.38. The molecule has 1 aromatic carbocycles. The molecule has 1 fully saturated rings. The summed E-state index contributed by atoms with van der Waals surface area (Å²) in [6.07, 6.45) is 5.36. The molecule has 1 aliphatic heterocycles. The molecule has 1 aromatic heterocycles. The molecular weight excluding hydrogens is 288 g/mol. The molecule has 23 heavy (non-hydrogen) atoms. The first kappa shape index (κ1) is 15.5. The van der Waals surface area contributed by atoms with Crippen LogP contribution in [0.4, 0.5) is 0 Å². The summed E-state index contributed by atoms with van der Waals surface area (Å²) in [6.45, 7) is 3.14. The summed E-state index contributed by atoms with van der Waals surface area (Å²) < 4.78 is 6.17. The third-order valence-corrected chi connectivity index (χ3v) is 4.37. The van der Waals surface area contributed by atoms with Crippen molar-refractivity contribution in [3.8, 4) is 5.75 Å². The first-order valence-electron chi connectivity index (χ1n) is 8.08. The van der Waals surface area contributed by atoms with Crippen molar-refractivity contribution in [1.82, 2.24) is 9.88 Å². The molecule has 2 atom stereocenters. The van der Waals surface area contributed by atoms with Crippen LogP contribution in [0, 0.1) is 5.92 Å². The zero-order chi connectivity index (χ0) is 16.1. The van der Waals surface area contributed by atoms with Gasteiger partial charge in [-0.25, -0.2) is 0 Å². The molecule has 1 aliphatic rings. The number of piperidine rings is 1. The fourth-order valence-corrected chi connectivity index (χ4v) is 3.16. The number of rotatable bonds is 4. The summed E-state index contributed by atoms with van der Waals surface area (Å²) in [4.78, 5) is 17.8. The van der Waals surface area contributed by atoms with Gasteiger partial charge in [-0.05, 0) is 24.1 Å². The highest BCUT2D eigenvalue weighted by Crippen LogP contribution is 2.26. The molecule has 3 rings (SSSR count). The fourth-order valence-electron chi connectivity index (χ4n) is 3.16. The van der Waals surface area contributed by atoms with Crippen LogP contribution >= 0.6 is 0 Å². The second kappa shape index (κ2) is 7.27. The Balaban J connectivity index is 1.74. The van der Waals surface area contributed by atoms with E-state index in [1.165, 1.54) is 5.56 Å². The molecule has 4 nitrogen and oxygen atoms in total. The Morgan fingerprint density at radius 1 is 1.26 bits per heavy atom. The van der Waals surface area contributed by atoms with E-state index in [1.54, 1.807) is 19.3 Å². The van der Waals surface area contributed by atoms with Crippen molar-refractivity contribution in [1.29, 1.82) is 0 Å². The molecule has 0 aliphatic carbocycles. The van der Waals surface area contributed by atoms with Gasteiger partial charge in [-0.15, -0.1) is 0 Å². The standard InChI is InChI=1S/C19H22N2O2/c1-15(22)21-11-9-19(23-18-8-5-10-20-13-18)17(14-21)12-16-6-3-2-4-7-16/h2-8,10,13,17,19H,9,11-12,14H2,1H3/t17-,19+/m0/s1. The molecule has 0 N–H and O–H groups in total. The van der Waals surface area contributed by atoms with Gasteiger partial charge in [0.15, 0.2) is 0 Å². The van der Waals surface area contributed by atoms with Gasteiger partial charge in [-0.3, -0.25) is 9.78 Å². The van der Waals surface area contributed by atoms with Crippen molar-refractivity contribution in [3.63, 3.8) is 0 Å². The molecule has 1 amide bonds. The molecule has 0 bridgehead atoms. The average Bonchev–Trinajstić information content (AvgIpc) is 2.58. The van der Waals surface area contributed by atoms with Crippen molar-refractivity contribution >= 4 is 5.91 Å². The molecule has 0 spiro atoms. The van der Waals surface area contributed by atoms with E-state index in [4.69, 9.17) is 4.74 Å². The Bertz CT molecular complexity index is 630. The molecular formula is C19H22N2O2. The van der Waals surface area contributed by atoms with Crippen LogP contribution in [0.2, 0.25) is 0 Å². The number of pyridine rings is 1. The van der Waals surface area contributed by atoms with E-state index in [0.717, 1.165) is 31.7 Å². The Kier molecular flexibility index (Phi) is 4.91. The number of nitrogens with zero attached hydrogens (tertiary/aromatic N) is 2. The van der Waals surface area contributed by atoms with Gasteiger partial charge in [0.2, 0.25) is 5.91 Å². The first-order chi connectivity index (χ1) is 11.2. The molecule has 120 valence electrons. The number of aromatic nitrogens is 1. The molecule has 2 aromatic rings. The molecule has 0 unspecified atom stereocenters. The van der Waals surface area contributed by atoms with Crippen molar-refractivity contribution in [3.05, 3.63) is 60.4 Å². The Morgan fingerprint density at radius 2 is 2.09 bits per heavy atom. The van der Waals surface area contributed by atoms with Gasteiger partial charge >= 0.3 is 0 Å². The summed E-state index contributed by atoms with van der Waals surface area (Å²) in [5, 5.41) is 0. The van der Waals surface area contributed by atoms with Crippen molar-refractivity contribution in [2.75, 3.05) is 13.1 Å². The van der Waals surface area contributed by atoms with Crippen molar-refractivity contribution in [2.24, 2.45) is 5.92 Å². The van der Waals surface area contributed by atoms with Gasteiger partial charge < -0.3 is 9.64 Å². The SMILES string of the molecule is CC(=O)N1CC[C@@H](Oc2cccnc2)[C@@H](Cc2ccccc2)C1. The minimum Gasteiger partial charge on any atom is -0.488 e. The Hall–Kier alpha value is -2.36. The van der Waals surface area contributed by atoms with Gasteiger partial charge in [0, 0.05) is 38.5 Å². The summed E-state index contributed by atoms with van der Waals surface area (Å²) in [6, 6.07) is 14.2. The topological polar surface area (TPSA) is 42.4 Å². The highest BCUT2D eigenvalue weighted by Gasteiger charge is 2.32. The predicted molar refractivity (Wildman–Crippen MR) is 89.2 cm³/mol. The Labute approximate surface area is 137 Å². The van der Waals surface area contributed by atoms with Crippen molar-refractivity contribution in [2.45, 2.75) is 25.9 Å². The van der Waals surface area contributed by atoms with Gasteiger partial charge in [0.1, 0.15) is 11.9 Å². The maximum absolute atomic E-state index is 11.7. The third kappa shape index (κ3) is 4.09. The van der Waals surface area contributed by atoms with Crippen LogP contribution in [0.25, 0.3) is 0 Å². The maximum Gasteiger partial charge on any atom is 0.219 e. The molecule has 1 saturated heterocycles. The van der Waals surface area contributed by atoms with Crippen LogP contribution in [0.3, 0.4) is 0 Å². The molecule has 0 radical (unpaired) electrons. The average molecular weight is 310 g/mol. The third-order valence-electron chi connectivity index (χ3n) is 4.37. The minimum atomic E-state index is 0.106. The maximum atomic E-state index is 11.7. The van der Waals surface area contributed by atoms with E-state index in [9.17, 15) is 4.79 Å². The summed E-state index contributed by atoms with van der Waals surface area (Å²) in [5.41, 5.74) is 1.28. The number of carbonyl (C=O) groups excluding carboxylic acids is 1. The number of hydrogen-bond acceptors (Lipinski definition) is 3. The second-order valence-corrected chi connectivity index (χ2v) is 6.05. The highest BCUT2D eigenvalue weighted by atomic mass is 16.5. The summed E-state index contributed by atoms with van der Waals surface area (Å²) in [5.74, 6) is 1.23. The van der Waals surface area contributed by atoms with E-state index >= 15 is 0 Å². The smallest absolute Gasteiger partial charge is 0.219 e. The van der Waals surface area contributed by atoms with E-state index in [2.05, 4.69) is 29.2 Å². The van der Waals surface area contributed by atoms with Crippen LogP contribution in [-0.4, -0.2) is 35.0 Å². The predicted octanol–water partition coefficient (Wildman–Crippen LogP) is 2.94. The largest absolute Gasteiger partial charge is 0.488 e. The number of ether oxygens (including phenoxy) is 1. The van der Waals surface area contributed by atoms with Gasteiger partial charge in [0.05, 0.1) is 6.20 Å². The van der Waals surface area contributed by atoms with E-state index in [-0.39, 0.29) is 17.9 Å². The van der Waals surface area contributed by atoms with Crippen LogP contribution < -0.4 is 4.74 Å². The molecule has 2 heterocycles. The molecule has 4 heteroatoms. The summed E-state index contributed by atoms with van der Waals surface area (Å²) >= 11 is 0. The number of likely N-dealkylation sites (tertiary alicyclic amines) is 1. The van der Waals surface area contributed by atoms with Gasteiger partial charge in [-0.2, -0.15) is 0 Å². The van der Waals surface area contributed by atoms with E-state index in [0.29, 0.717) is 0 Å². The second-order valence-electron chi connectivity index (χ2n) is 6.05. The van der Waals surface area contributed by atoms with Gasteiger partial charge in [0.25, 0.3) is 0 Å². The number of amides is 1. The number of carbonyl (C=O) groups is 1. The zero-order valence-corrected chi connectivity index (χ0v) is 13.4. The van der Waals surface area contributed by atoms with Crippen LogP contribution in [0.1, 0.15) is 18.9 Å². The monoisotopic (exact) mass is 310 g/mol. The normalized spacial score (nSPS) is 21.0. The van der Waals surface area contributed by atoms with Crippen LogP contribution in [0.5, 0.6) is 5.75 Å². The Morgan fingerprint density at radius 3 is 2.78 bits per heavy atom. The van der Waals surface area contributed by atoms with Gasteiger partial charge in [-0.1, -0.05) is 30.3 Å². The highest BCUT2D eigenvalue weighted by molar-refractivity contribution is 5.73. The van der Waals surface area contributed by atoms with Crippen LogP contribution in [-0.2, 0) is 11.2 Å². The quantitative estimate of drug-likeness (QED) is 0.872. The van der Waals surface area contributed by atoms with Crippen molar-refractivity contribution < 1.29 is 9.53 Å². The molecule has 0 saturated carbocycles. The van der Waals surface area contributed by atoms with E-state index < -0.39 is 0 Å². The number of benzene rings is 1. The fraction of sp³-hybridized carbons (Fsp3) is 0.368. The lowest BCUT2D eigenvalue weighted by molar-refractivity contribution is -0.132. The van der Waals surface area contributed by atoms with Crippen LogP contribution in [0.15, 0.2) is 54.9 Å². The van der Waals surface area contributed by atoms with E-state index in [1.807, 2.05) is 23.1 Å². The minimum absolute atomic E-state index is 0.106. The zero-order valence-electron chi connectivity index (χ0n) is 13.4. The first-order valence-corrected chi connectivity index (χ1v) is 8.08. The summed E-state index contributed by atoms with van der Waals surface area (Å²) in [7, 11) is 0. The lowest BCUT2D eigenvalue weighted by atomic mass is 9.88. The number of hydrogen-bond donors (Lipinski definition) is 0. The lowest BCUT2D eigenvalue weighted by Crippen LogP contribution is -2.48.